The molecule has 43 heavy (non-hydrogen) atoms. The molecule has 0 amide bonds. The van der Waals surface area contributed by atoms with Gasteiger partial charge in [-0.3, -0.25) is 0 Å². The van der Waals surface area contributed by atoms with Gasteiger partial charge in [-0.25, -0.2) is 4.39 Å². The van der Waals surface area contributed by atoms with Crippen LogP contribution in [0.15, 0.2) is 140 Å². The van der Waals surface area contributed by atoms with Gasteiger partial charge in [0.2, 0.25) is 0 Å². The van der Waals surface area contributed by atoms with Gasteiger partial charge in [0.1, 0.15) is 17.3 Å². The van der Waals surface area contributed by atoms with Crippen molar-refractivity contribution < 1.29 is 9.13 Å². The minimum atomic E-state index is -0.232. The van der Waals surface area contributed by atoms with Crippen molar-refractivity contribution in [2.45, 2.75) is 6.92 Å². The Labute approximate surface area is 254 Å². The van der Waals surface area contributed by atoms with E-state index in [1.165, 1.54) is 37.9 Å². The van der Waals surface area contributed by atoms with Gasteiger partial charge in [-0.1, -0.05) is 48.0 Å². The van der Waals surface area contributed by atoms with Crippen molar-refractivity contribution in [1.82, 2.24) is 0 Å². The molecule has 0 bridgehead atoms. The Morgan fingerprint density at radius 2 is 1.05 bits per heavy atom. The fourth-order valence-corrected chi connectivity index (χ4v) is 6.52. The molecule has 3 nitrogen and oxygen atoms in total. The van der Waals surface area contributed by atoms with Crippen LogP contribution in [0.3, 0.4) is 0 Å². The molecule has 0 aliphatic heterocycles. The van der Waals surface area contributed by atoms with Crippen LogP contribution in [0.25, 0.3) is 20.2 Å². The van der Waals surface area contributed by atoms with E-state index in [1.54, 1.807) is 23.5 Å². The Morgan fingerprint density at radius 1 is 0.535 bits per heavy atom. The number of ether oxygens (including phenoxy) is 1. The fourth-order valence-electron chi connectivity index (χ4n) is 5.35. The summed E-state index contributed by atoms with van der Waals surface area (Å²) in [5.41, 5.74) is 6.42. The van der Waals surface area contributed by atoms with Crippen LogP contribution >= 0.6 is 11.3 Å². The van der Waals surface area contributed by atoms with Crippen LogP contribution in [0.4, 0.5) is 32.8 Å². The molecule has 0 fully saturated rings. The smallest absolute Gasteiger partial charge is 0.127 e. The van der Waals surface area contributed by atoms with Crippen LogP contribution in [0.2, 0.25) is 0 Å². The summed E-state index contributed by atoms with van der Waals surface area (Å²) in [6.07, 6.45) is 0. The topological polar surface area (TPSA) is 15.7 Å². The van der Waals surface area contributed by atoms with Gasteiger partial charge < -0.3 is 14.5 Å². The van der Waals surface area contributed by atoms with Crippen LogP contribution in [-0.2, 0) is 0 Å². The molecule has 0 radical (unpaired) electrons. The number of fused-ring (bicyclic) bond motifs is 3. The van der Waals surface area contributed by atoms with E-state index >= 15 is 0 Å². The first-order valence-electron chi connectivity index (χ1n) is 14.2. The number of hydrogen-bond acceptors (Lipinski definition) is 4. The molecule has 0 saturated heterocycles. The normalized spacial score (nSPS) is 11.1. The molecule has 0 spiro atoms. The van der Waals surface area contributed by atoms with Crippen LogP contribution in [0.5, 0.6) is 11.5 Å². The molecule has 210 valence electrons. The van der Waals surface area contributed by atoms with E-state index in [9.17, 15) is 4.39 Å². The summed E-state index contributed by atoms with van der Waals surface area (Å²) >= 11 is 1.78. The standard InChI is InChI=1S/C38H29FN2OS/c1-26-8-18-33(19-9-26)42-34-20-14-30(15-21-34)41(29-6-4-3-5-7-29)32-17-23-36-35-22-16-31(24-37(35)43-38(36)25-32)40(2)28-12-10-27(39)11-13-28/h3-25H,1-2H3. The van der Waals surface area contributed by atoms with Crippen molar-refractivity contribution in [3.63, 3.8) is 0 Å². The third-order valence-electron chi connectivity index (χ3n) is 7.67. The van der Waals surface area contributed by atoms with Crippen LogP contribution in [0.1, 0.15) is 5.56 Å². The first kappa shape index (κ1) is 26.7. The summed E-state index contributed by atoms with van der Waals surface area (Å²) in [6.45, 7) is 2.07. The van der Waals surface area contributed by atoms with Gasteiger partial charge >= 0.3 is 0 Å². The van der Waals surface area contributed by atoms with E-state index in [2.05, 4.69) is 102 Å². The highest BCUT2D eigenvalue weighted by Gasteiger charge is 2.16. The second kappa shape index (κ2) is 11.3. The third-order valence-corrected chi connectivity index (χ3v) is 8.78. The number of halogens is 1. The molecule has 0 aliphatic carbocycles. The Bertz CT molecular complexity index is 2020. The Kier molecular flexibility index (Phi) is 7.01. The van der Waals surface area contributed by atoms with Gasteiger partial charge in [-0.2, -0.15) is 0 Å². The summed E-state index contributed by atoms with van der Waals surface area (Å²) in [5, 5.41) is 2.46. The third kappa shape index (κ3) is 5.43. The first-order chi connectivity index (χ1) is 21.0. The molecule has 6 aromatic carbocycles. The average Bonchev–Trinajstić information content (AvgIpc) is 3.41. The molecule has 0 atom stereocenters. The largest absolute Gasteiger partial charge is 0.457 e. The van der Waals surface area contributed by atoms with E-state index < -0.39 is 0 Å². The number of nitrogens with zero attached hydrogens (tertiary/aromatic N) is 2. The lowest BCUT2D eigenvalue weighted by Crippen LogP contribution is -2.09. The maximum Gasteiger partial charge on any atom is 0.127 e. The van der Waals surface area contributed by atoms with Crippen LogP contribution < -0.4 is 14.5 Å². The monoisotopic (exact) mass is 580 g/mol. The Balaban J connectivity index is 1.23. The predicted molar refractivity (Wildman–Crippen MR) is 180 cm³/mol. The first-order valence-corrected chi connectivity index (χ1v) is 15.0. The highest BCUT2D eigenvalue weighted by atomic mass is 32.1. The number of benzene rings is 6. The number of aryl methyl sites for hydroxylation is 1. The van der Waals surface area contributed by atoms with Gasteiger partial charge in [0.25, 0.3) is 0 Å². The van der Waals surface area contributed by atoms with Crippen molar-refractivity contribution in [3.8, 4) is 11.5 Å². The Morgan fingerprint density at radius 3 is 1.70 bits per heavy atom. The highest BCUT2D eigenvalue weighted by molar-refractivity contribution is 7.25. The maximum atomic E-state index is 13.5. The van der Waals surface area contributed by atoms with Crippen molar-refractivity contribution in [3.05, 3.63) is 151 Å². The minimum Gasteiger partial charge on any atom is -0.457 e. The molecule has 0 N–H and O–H groups in total. The summed E-state index contributed by atoms with van der Waals surface area (Å²) in [5.74, 6) is 1.38. The zero-order chi connectivity index (χ0) is 29.3. The Hall–Kier alpha value is -5.13. The number of anilines is 5. The maximum absolute atomic E-state index is 13.5. The number of thiophene rings is 1. The van der Waals surface area contributed by atoms with Gasteiger partial charge in [0.15, 0.2) is 0 Å². The molecule has 0 saturated carbocycles. The molecule has 1 aromatic heterocycles. The van der Waals surface area contributed by atoms with E-state index in [0.29, 0.717) is 0 Å². The van der Waals surface area contributed by atoms with Gasteiger partial charge in [0, 0.05) is 55.7 Å². The zero-order valence-corrected chi connectivity index (χ0v) is 24.7. The fraction of sp³-hybridized carbons (Fsp3) is 0.0526. The summed E-state index contributed by atoms with van der Waals surface area (Å²) in [6, 6.07) is 46.5. The molecule has 0 aliphatic rings. The summed E-state index contributed by atoms with van der Waals surface area (Å²) in [4.78, 5) is 4.35. The van der Waals surface area contributed by atoms with Crippen molar-refractivity contribution in [2.75, 3.05) is 16.8 Å². The number of para-hydroxylation sites is 1. The second-order valence-electron chi connectivity index (χ2n) is 10.6. The van der Waals surface area contributed by atoms with Crippen LogP contribution in [-0.4, -0.2) is 7.05 Å². The highest BCUT2D eigenvalue weighted by Crippen LogP contribution is 2.42. The lowest BCUT2D eigenvalue weighted by molar-refractivity contribution is 0.482. The molecule has 7 aromatic rings. The molecule has 7 rings (SSSR count). The minimum absolute atomic E-state index is 0.232. The van der Waals surface area contributed by atoms with E-state index in [-0.39, 0.29) is 5.82 Å². The van der Waals surface area contributed by atoms with E-state index in [0.717, 1.165) is 39.9 Å². The van der Waals surface area contributed by atoms with Gasteiger partial charge in [0.05, 0.1) is 0 Å². The van der Waals surface area contributed by atoms with Crippen molar-refractivity contribution in [2.24, 2.45) is 0 Å². The second-order valence-corrected chi connectivity index (χ2v) is 11.7. The van der Waals surface area contributed by atoms with Gasteiger partial charge in [-0.15, -0.1) is 11.3 Å². The predicted octanol–water partition coefficient (Wildman–Crippen LogP) is 11.5. The zero-order valence-electron chi connectivity index (χ0n) is 23.9. The molecule has 1 heterocycles. The lowest BCUT2D eigenvalue weighted by Gasteiger charge is -2.25. The summed E-state index contributed by atoms with van der Waals surface area (Å²) in [7, 11) is 2.01. The van der Waals surface area contributed by atoms with E-state index in [4.69, 9.17) is 4.74 Å². The number of hydrogen-bond donors (Lipinski definition) is 0. The number of rotatable bonds is 7. The molecule has 0 unspecified atom stereocenters. The van der Waals surface area contributed by atoms with Crippen molar-refractivity contribution in [1.29, 1.82) is 0 Å². The van der Waals surface area contributed by atoms with E-state index in [1.807, 2.05) is 37.4 Å². The average molecular weight is 581 g/mol. The molecular formula is C38H29FN2OS. The molecular weight excluding hydrogens is 551 g/mol. The lowest BCUT2D eigenvalue weighted by atomic mass is 10.1. The molecule has 5 heteroatoms. The quantitative estimate of drug-likeness (QED) is 0.186. The SMILES string of the molecule is Cc1ccc(Oc2ccc(N(c3ccccc3)c3ccc4c(c3)sc3cc(N(C)c5ccc(F)cc5)ccc34)cc2)cc1. The summed E-state index contributed by atoms with van der Waals surface area (Å²) < 4.78 is 22.0. The van der Waals surface area contributed by atoms with Gasteiger partial charge in [-0.05, 0) is 104 Å². The van der Waals surface area contributed by atoms with Crippen LogP contribution in [0, 0.1) is 12.7 Å². The van der Waals surface area contributed by atoms with Crippen molar-refractivity contribution >= 4 is 59.9 Å².